The van der Waals surface area contributed by atoms with Crippen molar-refractivity contribution in [1.29, 1.82) is 0 Å². The third-order valence-electron chi connectivity index (χ3n) is 3.11. The van der Waals surface area contributed by atoms with Gasteiger partial charge in [0.15, 0.2) is 5.78 Å². The van der Waals surface area contributed by atoms with Gasteiger partial charge in [0.1, 0.15) is 17.2 Å². The highest BCUT2D eigenvalue weighted by atomic mass is 19.1. The van der Waals surface area contributed by atoms with Crippen LogP contribution in [0.4, 0.5) is 4.39 Å². The molecule has 1 unspecified atom stereocenters. The molecule has 1 aromatic rings. The molecule has 1 aliphatic heterocycles. The lowest BCUT2D eigenvalue weighted by atomic mass is 9.91. The fourth-order valence-corrected chi connectivity index (χ4v) is 2.10. The largest absolute Gasteiger partial charge is 0.496 e. The minimum Gasteiger partial charge on any atom is -0.496 e. The van der Waals surface area contributed by atoms with Crippen molar-refractivity contribution in [3.05, 3.63) is 29.6 Å². The minimum atomic E-state index is -0.846. The SMILES string of the molecule is COc1ccc(F)cc1C(=O)C1(C)CCCO1. The Labute approximate surface area is 99.5 Å². The van der Waals surface area contributed by atoms with Crippen LogP contribution in [-0.4, -0.2) is 25.1 Å². The summed E-state index contributed by atoms with van der Waals surface area (Å²) >= 11 is 0. The molecule has 0 saturated carbocycles. The van der Waals surface area contributed by atoms with Crippen molar-refractivity contribution >= 4 is 5.78 Å². The Kier molecular flexibility index (Phi) is 3.15. The molecule has 1 aromatic carbocycles. The number of methoxy groups -OCH3 is 1. The number of hydrogen-bond acceptors (Lipinski definition) is 3. The van der Waals surface area contributed by atoms with Crippen molar-refractivity contribution in [3.8, 4) is 5.75 Å². The fourth-order valence-electron chi connectivity index (χ4n) is 2.10. The number of carbonyl (C=O) groups excluding carboxylic acids is 1. The van der Waals surface area contributed by atoms with Crippen molar-refractivity contribution in [2.75, 3.05) is 13.7 Å². The molecule has 2 rings (SSSR count). The second kappa shape index (κ2) is 4.45. The highest BCUT2D eigenvalue weighted by molar-refractivity contribution is 6.04. The van der Waals surface area contributed by atoms with E-state index in [-0.39, 0.29) is 11.3 Å². The van der Waals surface area contributed by atoms with Crippen molar-refractivity contribution in [1.82, 2.24) is 0 Å². The van der Waals surface area contributed by atoms with Crippen LogP contribution in [0, 0.1) is 5.82 Å². The predicted molar refractivity (Wildman–Crippen MR) is 60.9 cm³/mol. The fraction of sp³-hybridized carbons (Fsp3) is 0.462. The number of rotatable bonds is 3. The molecule has 0 N–H and O–H groups in total. The molecule has 0 radical (unpaired) electrons. The molecule has 0 amide bonds. The van der Waals surface area contributed by atoms with Crippen LogP contribution in [0.1, 0.15) is 30.1 Å². The molecule has 0 aromatic heterocycles. The van der Waals surface area contributed by atoms with E-state index in [1.165, 1.54) is 25.3 Å². The molecule has 4 heteroatoms. The second-order valence-electron chi connectivity index (χ2n) is 4.36. The summed E-state index contributed by atoms with van der Waals surface area (Å²) in [5, 5.41) is 0. The lowest BCUT2D eigenvalue weighted by Gasteiger charge is -2.22. The maximum atomic E-state index is 13.2. The van der Waals surface area contributed by atoms with Crippen LogP contribution in [0.3, 0.4) is 0 Å². The summed E-state index contributed by atoms with van der Waals surface area (Å²) in [6, 6.07) is 3.93. The Hall–Kier alpha value is -1.42. The van der Waals surface area contributed by atoms with Gasteiger partial charge in [0.2, 0.25) is 0 Å². The molecule has 1 aliphatic rings. The Balaban J connectivity index is 2.39. The van der Waals surface area contributed by atoms with Crippen LogP contribution in [0.15, 0.2) is 18.2 Å². The average molecular weight is 238 g/mol. The van der Waals surface area contributed by atoms with E-state index in [9.17, 15) is 9.18 Å². The van der Waals surface area contributed by atoms with E-state index in [0.29, 0.717) is 18.8 Å². The Morgan fingerprint density at radius 3 is 2.88 bits per heavy atom. The lowest BCUT2D eigenvalue weighted by Crippen LogP contribution is -2.34. The molecule has 92 valence electrons. The van der Waals surface area contributed by atoms with Crippen LogP contribution >= 0.6 is 0 Å². The van der Waals surface area contributed by atoms with Gasteiger partial charge in [-0.3, -0.25) is 4.79 Å². The van der Waals surface area contributed by atoms with Gasteiger partial charge in [-0.25, -0.2) is 4.39 Å². The predicted octanol–water partition coefficient (Wildman–Crippen LogP) is 2.59. The van der Waals surface area contributed by atoms with Gasteiger partial charge in [0.05, 0.1) is 12.7 Å². The summed E-state index contributed by atoms with van der Waals surface area (Å²) < 4.78 is 23.8. The molecular weight excluding hydrogens is 223 g/mol. The zero-order valence-electron chi connectivity index (χ0n) is 9.96. The maximum Gasteiger partial charge on any atom is 0.198 e. The first kappa shape index (κ1) is 12.0. The van der Waals surface area contributed by atoms with Gasteiger partial charge in [-0.05, 0) is 38.0 Å². The first-order chi connectivity index (χ1) is 8.07. The van der Waals surface area contributed by atoms with E-state index in [4.69, 9.17) is 9.47 Å². The van der Waals surface area contributed by atoms with Gasteiger partial charge in [-0.1, -0.05) is 0 Å². The number of ketones is 1. The molecule has 0 spiro atoms. The quantitative estimate of drug-likeness (QED) is 0.759. The number of benzene rings is 1. The number of halogens is 1. The van der Waals surface area contributed by atoms with Crippen LogP contribution < -0.4 is 4.74 Å². The van der Waals surface area contributed by atoms with Gasteiger partial charge in [-0.15, -0.1) is 0 Å². The van der Waals surface area contributed by atoms with Crippen molar-refractivity contribution in [2.24, 2.45) is 0 Å². The van der Waals surface area contributed by atoms with Crippen molar-refractivity contribution in [3.63, 3.8) is 0 Å². The number of Topliss-reactive ketones (excluding diaryl/α,β-unsaturated/α-hetero) is 1. The molecule has 17 heavy (non-hydrogen) atoms. The molecule has 1 heterocycles. The summed E-state index contributed by atoms with van der Waals surface area (Å²) in [6.07, 6.45) is 1.51. The normalized spacial score (nSPS) is 23.7. The third-order valence-corrected chi connectivity index (χ3v) is 3.11. The van der Waals surface area contributed by atoms with Crippen LogP contribution in [-0.2, 0) is 4.74 Å². The minimum absolute atomic E-state index is 0.216. The Bertz CT molecular complexity index is 436. The van der Waals surface area contributed by atoms with Gasteiger partial charge in [-0.2, -0.15) is 0 Å². The Morgan fingerprint density at radius 1 is 1.53 bits per heavy atom. The van der Waals surface area contributed by atoms with Crippen molar-refractivity contribution in [2.45, 2.75) is 25.4 Å². The standard InChI is InChI=1S/C13H15FO3/c1-13(6-3-7-17-13)12(15)10-8-9(14)4-5-11(10)16-2/h4-5,8H,3,6-7H2,1-2H3. The summed E-state index contributed by atoms with van der Waals surface area (Å²) in [5.41, 5.74) is -0.599. The first-order valence-electron chi connectivity index (χ1n) is 5.59. The van der Waals surface area contributed by atoms with E-state index in [2.05, 4.69) is 0 Å². The average Bonchev–Trinajstić information content (AvgIpc) is 2.76. The number of ether oxygens (including phenoxy) is 2. The Morgan fingerprint density at radius 2 is 2.29 bits per heavy atom. The monoisotopic (exact) mass is 238 g/mol. The third kappa shape index (κ3) is 2.17. The maximum absolute atomic E-state index is 13.2. The molecule has 0 bridgehead atoms. The van der Waals surface area contributed by atoms with Crippen LogP contribution in [0.25, 0.3) is 0 Å². The first-order valence-corrected chi connectivity index (χ1v) is 5.59. The topological polar surface area (TPSA) is 35.5 Å². The summed E-state index contributed by atoms with van der Waals surface area (Å²) in [4.78, 5) is 12.3. The molecule has 1 fully saturated rings. The molecule has 3 nitrogen and oxygen atoms in total. The molecule has 0 aliphatic carbocycles. The van der Waals surface area contributed by atoms with E-state index in [1.807, 2.05) is 0 Å². The van der Waals surface area contributed by atoms with Gasteiger partial charge in [0, 0.05) is 6.61 Å². The van der Waals surface area contributed by atoms with Crippen LogP contribution in [0.2, 0.25) is 0 Å². The van der Waals surface area contributed by atoms with E-state index < -0.39 is 11.4 Å². The molecule has 1 atom stereocenters. The van der Waals surface area contributed by atoms with Gasteiger partial charge in [0.25, 0.3) is 0 Å². The van der Waals surface area contributed by atoms with Crippen molar-refractivity contribution < 1.29 is 18.7 Å². The van der Waals surface area contributed by atoms with Gasteiger partial charge < -0.3 is 9.47 Å². The smallest absolute Gasteiger partial charge is 0.198 e. The summed E-state index contributed by atoms with van der Waals surface area (Å²) in [5.74, 6) is -0.282. The zero-order chi connectivity index (χ0) is 12.5. The zero-order valence-corrected chi connectivity index (χ0v) is 9.96. The van der Waals surface area contributed by atoms with Crippen LogP contribution in [0.5, 0.6) is 5.75 Å². The van der Waals surface area contributed by atoms with E-state index in [1.54, 1.807) is 6.92 Å². The second-order valence-corrected chi connectivity index (χ2v) is 4.36. The number of carbonyl (C=O) groups is 1. The van der Waals surface area contributed by atoms with E-state index in [0.717, 1.165) is 6.42 Å². The summed E-state index contributed by atoms with van der Waals surface area (Å²) in [6.45, 7) is 2.31. The highest BCUT2D eigenvalue weighted by Crippen LogP contribution is 2.32. The lowest BCUT2D eigenvalue weighted by molar-refractivity contribution is 0.0211. The van der Waals surface area contributed by atoms with E-state index >= 15 is 0 Å². The molecular formula is C13H15FO3. The van der Waals surface area contributed by atoms with Gasteiger partial charge >= 0.3 is 0 Å². The number of hydrogen-bond donors (Lipinski definition) is 0. The summed E-state index contributed by atoms with van der Waals surface area (Å²) in [7, 11) is 1.46. The highest BCUT2D eigenvalue weighted by Gasteiger charge is 2.39. The molecule has 1 saturated heterocycles.